The van der Waals surface area contributed by atoms with E-state index in [0.717, 1.165) is 5.16 Å². The molecule has 22 heavy (non-hydrogen) atoms. The summed E-state index contributed by atoms with van der Waals surface area (Å²) in [5.41, 5.74) is -1.28. The topological polar surface area (TPSA) is 80.5 Å². The van der Waals surface area contributed by atoms with Crippen molar-refractivity contribution in [3.63, 3.8) is 0 Å². The molecule has 0 aromatic carbocycles. The molecule has 1 aliphatic rings. The Labute approximate surface area is 135 Å². The first-order valence-corrected chi connectivity index (χ1v) is 8.34. The summed E-state index contributed by atoms with van der Waals surface area (Å²) in [6.07, 6.45) is 2.40. The van der Waals surface area contributed by atoms with Crippen molar-refractivity contribution < 1.29 is 14.6 Å². The van der Waals surface area contributed by atoms with E-state index in [1.54, 1.807) is 11.2 Å². The lowest BCUT2D eigenvalue weighted by atomic mass is 9.94. The normalized spacial score (nSPS) is 18.3. The standard InChI is InChI=1S/C14H24N4O3S/c1-13(2,3)21-12(19)18-7-5-14(20,6-8-18)9-22-11-16-15-10-17(11)4/h10,20H,5-9H2,1-4H3. The van der Waals surface area contributed by atoms with Gasteiger partial charge in [0.05, 0.1) is 5.60 Å². The zero-order valence-corrected chi connectivity index (χ0v) is 14.4. The van der Waals surface area contributed by atoms with Crippen molar-refractivity contribution in [2.75, 3.05) is 18.8 Å². The van der Waals surface area contributed by atoms with Crippen LogP contribution in [0.4, 0.5) is 4.79 Å². The van der Waals surface area contributed by atoms with Gasteiger partial charge in [-0.15, -0.1) is 10.2 Å². The molecule has 0 saturated carbocycles. The highest BCUT2D eigenvalue weighted by molar-refractivity contribution is 7.99. The fourth-order valence-electron chi connectivity index (χ4n) is 2.18. The number of likely N-dealkylation sites (tertiary alicyclic amines) is 1. The van der Waals surface area contributed by atoms with Crippen LogP contribution in [0, 0.1) is 0 Å². The molecule has 1 amide bonds. The molecule has 0 unspecified atom stereocenters. The minimum absolute atomic E-state index is 0.310. The van der Waals surface area contributed by atoms with Crippen LogP contribution in [0.25, 0.3) is 0 Å². The summed E-state index contributed by atoms with van der Waals surface area (Å²) in [5.74, 6) is 0.543. The minimum Gasteiger partial charge on any atom is -0.444 e. The van der Waals surface area contributed by atoms with E-state index in [4.69, 9.17) is 4.74 Å². The number of amides is 1. The second kappa shape index (κ2) is 6.45. The van der Waals surface area contributed by atoms with Crippen LogP contribution in [0.2, 0.25) is 0 Å². The van der Waals surface area contributed by atoms with Crippen LogP contribution in [0.15, 0.2) is 11.5 Å². The van der Waals surface area contributed by atoms with E-state index in [-0.39, 0.29) is 6.09 Å². The number of aliphatic hydroxyl groups is 1. The Bertz CT molecular complexity index is 518. The summed E-state index contributed by atoms with van der Waals surface area (Å²) >= 11 is 1.48. The van der Waals surface area contributed by atoms with Crippen molar-refractivity contribution in [1.82, 2.24) is 19.7 Å². The second-order valence-electron chi connectivity index (χ2n) is 6.70. The number of hydrogen-bond donors (Lipinski definition) is 1. The average molecular weight is 328 g/mol. The Morgan fingerprint density at radius 1 is 1.45 bits per heavy atom. The number of nitrogens with zero attached hydrogens (tertiary/aromatic N) is 4. The summed E-state index contributed by atoms with van der Waals surface area (Å²) in [7, 11) is 1.87. The third kappa shape index (κ3) is 4.61. The van der Waals surface area contributed by atoms with Gasteiger partial charge in [-0.05, 0) is 33.6 Å². The Morgan fingerprint density at radius 3 is 2.59 bits per heavy atom. The van der Waals surface area contributed by atoms with Gasteiger partial charge in [-0.25, -0.2) is 4.79 Å². The molecule has 2 rings (SSSR count). The number of carbonyl (C=O) groups is 1. The van der Waals surface area contributed by atoms with Crippen molar-refractivity contribution >= 4 is 17.9 Å². The third-order valence-electron chi connectivity index (χ3n) is 3.49. The molecule has 124 valence electrons. The Kier molecular flexibility index (Phi) is 5.01. The van der Waals surface area contributed by atoms with Crippen LogP contribution >= 0.6 is 11.8 Å². The molecule has 1 aromatic heterocycles. The van der Waals surface area contributed by atoms with Gasteiger partial charge >= 0.3 is 6.09 Å². The molecule has 1 aliphatic heterocycles. The van der Waals surface area contributed by atoms with Crippen LogP contribution in [0.1, 0.15) is 33.6 Å². The van der Waals surface area contributed by atoms with E-state index in [9.17, 15) is 9.90 Å². The van der Waals surface area contributed by atoms with Crippen LogP contribution < -0.4 is 0 Å². The van der Waals surface area contributed by atoms with Crippen LogP contribution in [0.5, 0.6) is 0 Å². The summed E-state index contributed by atoms with van der Waals surface area (Å²) in [6, 6.07) is 0. The predicted molar refractivity (Wildman–Crippen MR) is 83.7 cm³/mol. The van der Waals surface area contributed by atoms with E-state index in [2.05, 4.69) is 10.2 Å². The number of thioether (sulfide) groups is 1. The van der Waals surface area contributed by atoms with Crippen LogP contribution in [-0.2, 0) is 11.8 Å². The lowest BCUT2D eigenvalue weighted by Crippen LogP contribution is -2.49. The summed E-state index contributed by atoms with van der Waals surface area (Å²) < 4.78 is 7.18. The first kappa shape index (κ1) is 17.1. The Morgan fingerprint density at radius 2 is 2.09 bits per heavy atom. The van der Waals surface area contributed by atoms with Gasteiger partial charge in [-0.1, -0.05) is 11.8 Å². The van der Waals surface area contributed by atoms with Gasteiger partial charge in [0.1, 0.15) is 11.9 Å². The number of aromatic nitrogens is 3. The maximum Gasteiger partial charge on any atom is 0.410 e. The van der Waals surface area contributed by atoms with E-state index >= 15 is 0 Å². The zero-order chi connectivity index (χ0) is 16.4. The molecule has 2 heterocycles. The van der Waals surface area contributed by atoms with Crippen LogP contribution in [-0.4, -0.2) is 60.9 Å². The Balaban J connectivity index is 1.83. The van der Waals surface area contributed by atoms with E-state index in [0.29, 0.717) is 31.7 Å². The van der Waals surface area contributed by atoms with Crippen molar-refractivity contribution in [2.45, 2.75) is 50.0 Å². The summed E-state index contributed by atoms with van der Waals surface area (Å²) in [5, 5.41) is 19.2. The quantitative estimate of drug-likeness (QED) is 0.850. The van der Waals surface area contributed by atoms with Gasteiger partial charge in [0.2, 0.25) is 0 Å². The SMILES string of the molecule is Cn1cnnc1SCC1(O)CCN(C(=O)OC(C)(C)C)CC1. The first-order chi connectivity index (χ1) is 10.2. The molecule has 1 fully saturated rings. The molecule has 0 spiro atoms. The number of piperidine rings is 1. The predicted octanol–water partition coefficient (Wildman–Crippen LogP) is 1.67. The highest BCUT2D eigenvalue weighted by Crippen LogP contribution is 2.29. The molecule has 0 radical (unpaired) electrons. The molecule has 8 heteroatoms. The number of aryl methyl sites for hydroxylation is 1. The maximum absolute atomic E-state index is 12.0. The smallest absolute Gasteiger partial charge is 0.410 e. The fraction of sp³-hybridized carbons (Fsp3) is 0.786. The highest BCUT2D eigenvalue weighted by atomic mass is 32.2. The largest absolute Gasteiger partial charge is 0.444 e. The van der Waals surface area contributed by atoms with Gasteiger partial charge in [0, 0.05) is 25.9 Å². The van der Waals surface area contributed by atoms with Crippen molar-refractivity contribution in [3.05, 3.63) is 6.33 Å². The maximum atomic E-state index is 12.0. The minimum atomic E-state index is -0.783. The number of ether oxygens (including phenoxy) is 1. The highest BCUT2D eigenvalue weighted by Gasteiger charge is 2.35. The number of rotatable bonds is 3. The van der Waals surface area contributed by atoms with Gasteiger partial charge in [0.25, 0.3) is 0 Å². The lowest BCUT2D eigenvalue weighted by molar-refractivity contribution is -0.0190. The van der Waals surface area contributed by atoms with Gasteiger partial charge < -0.3 is 19.3 Å². The van der Waals surface area contributed by atoms with Crippen molar-refractivity contribution in [3.8, 4) is 0 Å². The number of carbonyl (C=O) groups excluding carboxylic acids is 1. The molecule has 1 aromatic rings. The molecular weight excluding hydrogens is 304 g/mol. The first-order valence-electron chi connectivity index (χ1n) is 7.36. The van der Waals surface area contributed by atoms with E-state index in [1.165, 1.54) is 11.8 Å². The number of hydrogen-bond acceptors (Lipinski definition) is 6. The van der Waals surface area contributed by atoms with Gasteiger partial charge in [0.15, 0.2) is 5.16 Å². The monoisotopic (exact) mass is 328 g/mol. The van der Waals surface area contributed by atoms with E-state index in [1.807, 2.05) is 32.4 Å². The fourth-order valence-corrected chi connectivity index (χ4v) is 3.22. The molecule has 0 bridgehead atoms. The van der Waals surface area contributed by atoms with Crippen molar-refractivity contribution in [1.29, 1.82) is 0 Å². The Hall–Kier alpha value is -1.28. The molecular formula is C14H24N4O3S. The average Bonchev–Trinajstić information content (AvgIpc) is 2.81. The molecule has 7 nitrogen and oxygen atoms in total. The second-order valence-corrected chi connectivity index (χ2v) is 7.65. The van der Waals surface area contributed by atoms with Crippen LogP contribution in [0.3, 0.4) is 0 Å². The molecule has 0 aliphatic carbocycles. The third-order valence-corrected chi connectivity index (χ3v) is 4.80. The van der Waals surface area contributed by atoms with Gasteiger partial charge in [-0.3, -0.25) is 0 Å². The summed E-state index contributed by atoms with van der Waals surface area (Å²) in [4.78, 5) is 13.7. The molecule has 0 atom stereocenters. The molecule has 1 saturated heterocycles. The van der Waals surface area contributed by atoms with Crippen molar-refractivity contribution in [2.24, 2.45) is 7.05 Å². The zero-order valence-electron chi connectivity index (χ0n) is 13.6. The van der Waals surface area contributed by atoms with Gasteiger partial charge in [-0.2, -0.15) is 0 Å². The summed E-state index contributed by atoms with van der Waals surface area (Å²) in [6.45, 7) is 6.56. The van der Waals surface area contributed by atoms with E-state index < -0.39 is 11.2 Å². The molecule has 1 N–H and O–H groups in total. The lowest BCUT2D eigenvalue weighted by Gasteiger charge is -2.38.